The Balaban J connectivity index is 1.96. The number of hydrazine groups is 1. The Morgan fingerprint density at radius 1 is 1.18 bits per heavy atom. The van der Waals surface area contributed by atoms with Crippen molar-refractivity contribution in [1.29, 1.82) is 0 Å². The number of imidazole rings is 1. The van der Waals surface area contributed by atoms with E-state index >= 15 is 4.39 Å². The van der Waals surface area contributed by atoms with Crippen molar-refractivity contribution in [3.05, 3.63) is 71.2 Å². The number of nitrogens with zero attached hydrogens (tertiary/aromatic N) is 3. The maximum atomic E-state index is 15.3. The van der Waals surface area contributed by atoms with Crippen LogP contribution in [0.15, 0.2) is 42.7 Å². The number of nitrogen functional groups attached to an aromatic ring is 1. The highest BCUT2D eigenvalue weighted by Gasteiger charge is 2.34. The zero-order chi connectivity index (χ0) is 23.9. The number of terminal acetylenes is 1. The molecule has 5 nitrogen and oxygen atoms in total. The average molecular weight is 457 g/mol. The molecule has 4 aromatic rings. The molecule has 168 valence electrons. The highest BCUT2D eigenvalue weighted by Crippen LogP contribution is 2.35. The highest BCUT2D eigenvalue weighted by atomic mass is 19.4. The minimum absolute atomic E-state index is 0.0378. The molecule has 0 aliphatic heterocycles. The molecule has 0 radical (unpaired) electrons. The predicted octanol–water partition coefficient (Wildman–Crippen LogP) is 5.19. The summed E-state index contributed by atoms with van der Waals surface area (Å²) < 4.78 is 70.0. The van der Waals surface area contributed by atoms with Gasteiger partial charge in [-0.2, -0.15) is 13.2 Å². The van der Waals surface area contributed by atoms with Crippen molar-refractivity contribution in [3.63, 3.8) is 0 Å². The van der Waals surface area contributed by atoms with Crippen molar-refractivity contribution in [3.8, 4) is 34.9 Å². The minimum atomic E-state index is -4.87. The number of anilines is 1. The van der Waals surface area contributed by atoms with Crippen LogP contribution < -0.4 is 11.3 Å². The number of nitrogens with two attached hydrogens (primary N) is 1. The van der Waals surface area contributed by atoms with E-state index in [2.05, 4.69) is 21.3 Å². The normalized spacial score (nSPS) is 11.6. The molecule has 3 N–H and O–H groups in total. The monoisotopic (exact) mass is 457 g/mol. The molecule has 0 bridgehead atoms. The van der Waals surface area contributed by atoms with E-state index in [1.807, 2.05) is 6.92 Å². The molecule has 0 saturated carbocycles. The number of rotatable bonds is 4. The molecule has 2 aromatic heterocycles. The SMILES string of the molecule is C#Cc1c(NN)ccc(-c2c(CC)nc3cnc(-c4ccc(F)c(C(F)(F)F)c4)cn23)c1F. The lowest BCUT2D eigenvalue weighted by atomic mass is 10.0. The first-order valence-corrected chi connectivity index (χ1v) is 9.69. The number of benzene rings is 2. The van der Waals surface area contributed by atoms with E-state index in [0.717, 1.165) is 6.07 Å². The van der Waals surface area contributed by atoms with E-state index in [1.165, 1.54) is 35.0 Å². The van der Waals surface area contributed by atoms with Gasteiger partial charge in [0.15, 0.2) is 5.65 Å². The van der Waals surface area contributed by atoms with Crippen molar-refractivity contribution in [1.82, 2.24) is 14.4 Å². The van der Waals surface area contributed by atoms with E-state index in [4.69, 9.17) is 12.3 Å². The number of fused-ring (bicyclic) bond motifs is 1. The van der Waals surface area contributed by atoms with Crippen molar-refractivity contribution in [2.24, 2.45) is 5.84 Å². The van der Waals surface area contributed by atoms with Gasteiger partial charge in [-0.3, -0.25) is 15.2 Å². The molecule has 0 fully saturated rings. The molecule has 2 heterocycles. The van der Waals surface area contributed by atoms with E-state index in [0.29, 0.717) is 29.5 Å². The Morgan fingerprint density at radius 2 is 1.94 bits per heavy atom. The summed E-state index contributed by atoms with van der Waals surface area (Å²) in [5, 5.41) is 0. The number of hydrogen-bond acceptors (Lipinski definition) is 4. The Bertz CT molecular complexity index is 1420. The number of alkyl halides is 3. The summed E-state index contributed by atoms with van der Waals surface area (Å²) in [5.74, 6) is 5.57. The highest BCUT2D eigenvalue weighted by molar-refractivity contribution is 5.74. The maximum absolute atomic E-state index is 15.3. The second-order valence-corrected chi connectivity index (χ2v) is 7.09. The van der Waals surface area contributed by atoms with Crippen LogP contribution in [0.4, 0.5) is 27.6 Å². The van der Waals surface area contributed by atoms with Gasteiger partial charge in [0, 0.05) is 17.3 Å². The Kier molecular flexibility index (Phi) is 5.51. The van der Waals surface area contributed by atoms with E-state index < -0.39 is 23.4 Å². The molecule has 0 amide bonds. The standard InChI is InChI=1S/C23H16F5N5/c1-3-13-18(32-29)8-6-14(21(13)25)22-17(4-2)31-20-10-30-19(11-33(20)22)12-5-7-16(24)15(9-12)23(26,27)28/h1,5-11,32H,4,29H2,2H3. The van der Waals surface area contributed by atoms with Crippen LogP contribution in [0.3, 0.4) is 0 Å². The van der Waals surface area contributed by atoms with E-state index in [1.54, 1.807) is 0 Å². The first-order chi connectivity index (χ1) is 15.7. The van der Waals surface area contributed by atoms with Gasteiger partial charge < -0.3 is 5.43 Å². The summed E-state index contributed by atoms with van der Waals surface area (Å²) >= 11 is 0. The molecule has 0 aliphatic carbocycles. The molecule has 0 atom stereocenters. The van der Waals surface area contributed by atoms with Gasteiger partial charge >= 0.3 is 6.18 Å². The van der Waals surface area contributed by atoms with Crippen molar-refractivity contribution >= 4 is 11.3 Å². The fourth-order valence-electron chi connectivity index (χ4n) is 3.61. The van der Waals surface area contributed by atoms with Gasteiger partial charge in [0.2, 0.25) is 0 Å². The summed E-state index contributed by atoms with van der Waals surface area (Å²) in [6.07, 6.45) is 3.80. The second-order valence-electron chi connectivity index (χ2n) is 7.09. The largest absolute Gasteiger partial charge is 0.419 e. The van der Waals surface area contributed by atoms with Gasteiger partial charge in [-0.15, -0.1) is 6.42 Å². The fraction of sp³-hybridized carbons (Fsp3) is 0.130. The van der Waals surface area contributed by atoms with Crippen molar-refractivity contribution in [2.75, 3.05) is 5.43 Å². The first-order valence-electron chi connectivity index (χ1n) is 9.69. The predicted molar refractivity (Wildman–Crippen MR) is 114 cm³/mol. The average Bonchev–Trinajstić information content (AvgIpc) is 3.16. The van der Waals surface area contributed by atoms with Gasteiger partial charge in [0.05, 0.1) is 40.1 Å². The summed E-state index contributed by atoms with van der Waals surface area (Å²) in [4.78, 5) is 8.62. The van der Waals surface area contributed by atoms with Crippen LogP contribution in [0.25, 0.3) is 28.2 Å². The lowest BCUT2D eigenvalue weighted by molar-refractivity contribution is -0.139. The summed E-state index contributed by atoms with van der Waals surface area (Å²) in [7, 11) is 0. The number of nitrogens with one attached hydrogen (secondary N) is 1. The molecule has 33 heavy (non-hydrogen) atoms. The maximum Gasteiger partial charge on any atom is 0.419 e. The third kappa shape index (κ3) is 3.76. The van der Waals surface area contributed by atoms with Crippen LogP contribution in [-0.4, -0.2) is 14.4 Å². The van der Waals surface area contributed by atoms with E-state index in [9.17, 15) is 17.6 Å². The lowest BCUT2D eigenvalue weighted by Crippen LogP contribution is -2.10. The molecule has 10 heteroatoms. The molecule has 4 rings (SSSR count). The Morgan fingerprint density at radius 3 is 2.58 bits per heavy atom. The van der Waals surface area contributed by atoms with Crippen LogP contribution in [0.5, 0.6) is 0 Å². The molecule has 0 unspecified atom stereocenters. The van der Waals surface area contributed by atoms with Gasteiger partial charge in [-0.25, -0.2) is 13.8 Å². The third-order valence-electron chi connectivity index (χ3n) is 5.18. The zero-order valence-electron chi connectivity index (χ0n) is 17.1. The van der Waals surface area contributed by atoms with Crippen molar-refractivity contribution < 1.29 is 22.0 Å². The number of hydrogen-bond donors (Lipinski definition) is 2. The van der Waals surface area contributed by atoms with Crippen LogP contribution in [0.1, 0.15) is 23.7 Å². The van der Waals surface area contributed by atoms with Gasteiger partial charge in [0.25, 0.3) is 0 Å². The number of aromatic nitrogens is 3. The quantitative estimate of drug-likeness (QED) is 0.192. The van der Waals surface area contributed by atoms with E-state index in [-0.39, 0.29) is 28.1 Å². The molecular formula is C23H16F5N5. The minimum Gasteiger partial charge on any atom is -0.323 e. The topological polar surface area (TPSA) is 68.2 Å². The first kappa shape index (κ1) is 22.2. The third-order valence-corrected chi connectivity index (χ3v) is 5.18. The zero-order valence-corrected chi connectivity index (χ0v) is 17.1. The van der Waals surface area contributed by atoms with Gasteiger partial charge in [-0.05, 0) is 36.8 Å². The number of halogens is 5. The Labute approximate surface area is 185 Å². The summed E-state index contributed by atoms with van der Waals surface area (Å²) in [6.45, 7) is 1.82. The van der Waals surface area contributed by atoms with Crippen LogP contribution in [0.2, 0.25) is 0 Å². The Hall–Kier alpha value is -3.97. The molecule has 0 saturated heterocycles. The van der Waals surface area contributed by atoms with Gasteiger partial charge in [-0.1, -0.05) is 12.8 Å². The number of aryl methyl sites for hydroxylation is 1. The molecule has 0 spiro atoms. The molecule has 0 aliphatic rings. The van der Waals surface area contributed by atoms with Crippen LogP contribution >= 0.6 is 0 Å². The van der Waals surface area contributed by atoms with Crippen molar-refractivity contribution in [2.45, 2.75) is 19.5 Å². The second kappa shape index (κ2) is 8.18. The summed E-state index contributed by atoms with van der Waals surface area (Å²) in [6, 6.07) is 5.60. The van der Waals surface area contributed by atoms with Crippen LogP contribution in [-0.2, 0) is 12.6 Å². The molecular weight excluding hydrogens is 441 g/mol. The fourth-order valence-corrected chi connectivity index (χ4v) is 3.61. The van der Waals surface area contributed by atoms with Crippen LogP contribution in [0, 0.1) is 24.0 Å². The lowest BCUT2D eigenvalue weighted by Gasteiger charge is -2.12. The summed E-state index contributed by atoms with van der Waals surface area (Å²) in [5.41, 5.74) is 2.62. The molecule has 2 aromatic carbocycles. The smallest absolute Gasteiger partial charge is 0.323 e. The van der Waals surface area contributed by atoms with Gasteiger partial charge in [0.1, 0.15) is 11.6 Å².